The van der Waals surface area contributed by atoms with Crippen LogP contribution in [0, 0.1) is 0 Å². The van der Waals surface area contributed by atoms with Gasteiger partial charge in [-0.15, -0.1) is 0 Å². The molecule has 6 nitrogen and oxygen atoms in total. The Balaban J connectivity index is 2.00. The van der Waals surface area contributed by atoms with Gasteiger partial charge in [0.2, 0.25) is 0 Å². The first-order chi connectivity index (χ1) is 13.6. The number of nitrogens with one attached hydrogen (secondary N) is 1. The van der Waals surface area contributed by atoms with E-state index in [4.69, 9.17) is 9.47 Å². The second-order valence-corrected chi connectivity index (χ2v) is 6.53. The highest BCUT2D eigenvalue weighted by Crippen LogP contribution is 2.37. The zero-order valence-corrected chi connectivity index (χ0v) is 16.3. The molecule has 0 bridgehead atoms. The molecule has 0 saturated carbocycles. The van der Waals surface area contributed by atoms with Gasteiger partial charge in [0, 0.05) is 25.0 Å². The average molecular weight is 380 g/mol. The number of carbonyl (C=O) groups excluding carboxylic acids is 2. The molecule has 1 aliphatic rings. The Morgan fingerprint density at radius 2 is 1.71 bits per heavy atom. The molecule has 28 heavy (non-hydrogen) atoms. The molecular weight excluding hydrogens is 356 g/mol. The van der Waals surface area contributed by atoms with E-state index in [0.717, 1.165) is 17.0 Å². The highest BCUT2D eigenvalue weighted by Gasteiger charge is 2.44. The molecule has 3 rings (SSSR count). The lowest BCUT2D eigenvalue weighted by Crippen LogP contribution is -2.32. The zero-order chi connectivity index (χ0) is 20.1. The summed E-state index contributed by atoms with van der Waals surface area (Å²) in [4.78, 5) is 27.1. The summed E-state index contributed by atoms with van der Waals surface area (Å²) in [7, 11) is 3.19. The number of carbonyl (C=O) groups is 2. The number of anilines is 1. The van der Waals surface area contributed by atoms with E-state index in [0.29, 0.717) is 24.4 Å². The standard InChI is InChI=1S/C22H24N2O4/c1-15(23-17-9-11-18(28-3)12-10-17)19-20(16-7-5-4-6-8-16)24(13-14-27-2)22(26)21(19)25/h4-12,20,23H,13-14H2,1-3H3. The smallest absolute Gasteiger partial charge is 0.295 e. The van der Waals surface area contributed by atoms with Crippen molar-refractivity contribution in [3.05, 3.63) is 71.4 Å². The fourth-order valence-electron chi connectivity index (χ4n) is 3.38. The quantitative estimate of drug-likeness (QED) is 0.590. The molecule has 1 unspecified atom stereocenters. The van der Waals surface area contributed by atoms with Gasteiger partial charge >= 0.3 is 0 Å². The summed E-state index contributed by atoms with van der Waals surface area (Å²) in [5, 5.41) is 3.26. The first kappa shape index (κ1) is 19.6. The summed E-state index contributed by atoms with van der Waals surface area (Å²) < 4.78 is 10.3. The number of likely N-dealkylation sites (tertiary alicyclic amines) is 1. The summed E-state index contributed by atoms with van der Waals surface area (Å²) in [6.07, 6.45) is 0. The molecule has 1 aliphatic heterocycles. The predicted octanol–water partition coefficient (Wildman–Crippen LogP) is 3.18. The SMILES string of the molecule is COCCN1C(=O)C(=O)C(=C(C)Nc2ccc(OC)cc2)C1c1ccccc1. The Morgan fingerprint density at radius 1 is 1.04 bits per heavy atom. The van der Waals surface area contributed by atoms with Gasteiger partial charge in [-0.1, -0.05) is 30.3 Å². The normalized spacial score (nSPS) is 18.4. The van der Waals surface area contributed by atoms with Gasteiger partial charge in [-0.05, 0) is 36.8 Å². The summed E-state index contributed by atoms with van der Waals surface area (Å²) in [6.45, 7) is 2.53. The Hall–Kier alpha value is -3.12. The number of methoxy groups -OCH3 is 2. The van der Waals surface area contributed by atoms with Crippen molar-refractivity contribution in [1.82, 2.24) is 4.90 Å². The molecule has 1 amide bonds. The number of hydrogen-bond acceptors (Lipinski definition) is 5. The van der Waals surface area contributed by atoms with Crippen molar-refractivity contribution in [3.63, 3.8) is 0 Å². The largest absolute Gasteiger partial charge is 0.497 e. The number of nitrogens with zero attached hydrogens (tertiary/aromatic N) is 1. The van der Waals surface area contributed by atoms with E-state index in [1.54, 1.807) is 19.1 Å². The molecule has 0 aliphatic carbocycles. The maximum absolute atomic E-state index is 12.8. The van der Waals surface area contributed by atoms with Crippen LogP contribution in [-0.2, 0) is 14.3 Å². The fraction of sp³-hybridized carbons (Fsp3) is 0.273. The van der Waals surface area contributed by atoms with Crippen molar-refractivity contribution < 1.29 is 19.1 Å². The molecule has 1 heterocycles. The van der Waals surface area contributed by atoms with Crippen LogP contribution in [0.5, 0.6) is 5.75 Å². The van der Waals surface area contributed by atoms with E-state index < -0.39 is 17.7 Å². The zero-order valence-electron chi connectivity index (χ0n) is 16.3. The van der Waals surface area contributed by atoms with Crippen LogP contribution in [-0.4, -0.2) is 44.0 Å². The number of allylic oxidation sites excluding steroid dienone is 1. The molecule has 1 fully saturated rings. The monoisotopic (exact) mass is 380 g/mol. The Kier molecular flexibility index (Phi) is 6.11. The molecule has 1 atom stereocenters. The third-order valence-corrected chi connectivity index (χ3v) is 4.76. The van der Waals surface area contributed by atoms with Gasteiger partial charge in [-0.25, -0.2) is 0 Å². The molecule has 1 N–H and O–H groups in total. The van der Waals surface area contributed by atoms with Gasteiger partial charge in [0.15, 0.2) is 0 Å². The fourth-order valence-corrected chi connectivity index (χ4v) is 3.38. The van der Waals surface area contributed by atoms with Gasteiger partial charge in [0.05, 0.1) is 25.3 Å². The van der Waals surface area contributed by atoms with Crippen LogP contribution in [0.25, 0.3) is 0 Å². The van der Waals surface area contributed by atoms with Crippen LogP contribution in [0.4, 0.5) is 5.69 Å². The van der Waals surface area contributed by atoms with Gasteiger partial charge in [0.1, 0.15) is 5.75 Å². The third kappa shape index (κ3) is 3.92. The predicted molar refractivity (Wildman–Crippen MR) is 107 cm³/mol. The number of hydrogen-bond donors (Lipinski definition) is 1. The van der Waals surface area contributed by atoms with E-state index >= 15 is 0 Å². The van der Waals surface area contributed by atoms with Crippen LogP contribution in [0.2, 0.25) is 0 Å². The molecule has 6 heteroatoms. The van der Waals surface area contributed by atoms with E-state index in [1.165, 1.54) is 0 Å². The maximum Gasteiger partial charge on any atom is 0.295 e. The number of benzene rings is 2. The molecular formula is C22H24N2O4. The van der Waals surface area contributed by atoms with Crippen molar-refractivity contribution in [2.45, 2.75) is 13.0 Å². The minimum Gasteiger partial charge on any atom is -0.497 e. The first-order valence-corrected chi connectivity index (χ1v) is 9.07. The lowest BCUT2D eigenvalue weighted by molar-refractivity contribution is -0.140. The molecule has 2 aromatic rings. The first-order valence-electron chi connectivity index (χ1n) is 9.07. The number of ether oxygens (including phenoxy) is 2. The van der Waals surface area contributed by atoms with Crippen LogP contribution < -0.4 is 10.1 Å². The molecule has 146 valence electrons. The van der Waals surface area contributed by atoms with E-state index in [-0.39, 0.29) is 0 Å². The highest BCUT2D eigenvalue weighted by molar-refractivity contribution is 6.45. The van der Waals surface area contributed by atoms with Crippen LogP contribution >= 0.6 is 0 Å². The Labute approximate surface area is 164 Å². The second-order valence-electron chi connectivity index (χ2n) is 6.53. The van der Waals surface area contributed by atoms with Gasteiger partial charge in [-0.3, -0.25) is 9.59 Å². The lowest BCUT2D eigenvalue weighted by Gasteiger charge is -2.25. The second kappa shape index (κ2) is 8.71. The number of ketones is 1. The van der Waals surface area contributed by atoms with E-state index in [1.807, 2.05) is 61.5 Å². The third-order valence-electron chi connectivity index (χ3n) is 4.76. The highest BCUT2D eigenvalue weighted by atomic mass is 16.5. The lowest BCUT2D eigenvalue weighted by atomic mass is 9.97. The Morgan fingerprint density at radius 3 is 2.32 bits per heavy atom. The van der Waals surface area contributed by atoms with Crippen molar-refractivity contribution in [2.24, 2.45) is 0 Å². The maximum atomic E-state index is 12.8. The van der Waals surface area contributed by atoms with Crippen molar-refractivity contribution in [3.8, 4) is 5.75 Å². The van der Waals surface area contributed by atoms with Crippen molar-refractivity contribution in [1.29, 1.82) is 0 Å². The van der Waals surface area contributed by atoms with Crippen LogP contribution in [0.3, 0.4) is 0 Å². The van der Waals surface area contributed by atoms with E-state index in [2.05, 4.69) is 5.32 Å². The summed E-state index contributed by atoms with van der Waals surface area (Å²) in [6, 6.07) is 16.5. The van der Waals surface area contributed by atoms with Crippen LogP contribution in [0.15, 0.2) is 65.9 Å². The number of rotatable bonds is 7. The molecule has 1 saturated heterocycles. The van der Waals surface area contributed by atoms with Gasteiger partial charge < -0.3 is 19.7 Å². The van der Waals surface area contributed by atoms with Gasteiger partial charge in [0.25, 0.3) is 11.7 Å². The minimum atomic E-state index is -0.503. The number of Topliss-reactive ketones (excluding diaryl/α,β-unsaturated/α-hetero) is 1. The summed E-state index contributed by atoms with van der Waals surface area (Å²) >= 11 is 0. The topological polar surface area (TPSA) is 67.9 Å². The molecule has 0 spiro atoms. The van der Waals surface area contributed by atoms with Crippen molar-refractivity contribution in [2.75, 3.05) is 32.7 Å². The van der Waals surface area contributed by atoms with E-state index in [9.17, 15) is 9.59 Å². The van der Waals surface area contributed by atoms with Crippen LogP contribution in [0.1, 0.15) is 18.5 Å². The van der Waals surface area contributed by atoms with Crippen molar-refractivity contribution >= 4 is 17.4 Å². The van der Waals surface area contributed by atoms with Gasteiger partial charge in [-0.2, -0.15) is 0 Å². The number of amides is 1. The average Bonchev–Trinajstić information content (AvgIpc) is 2.98. The summed E-state index contributed by atoms with van der Waals surface area (Å²) in [5.41, 5.74) is 2.82. The summed E-state index contributed by atoms with van der Waals surface area (Å²) in [5.74, 6) is -0.240. The molecule has 0 aromatic heterocycles. The Bertz CT molecular complexity index is 875. The minimum absolute atomic E-state index is 0.347. The molecule has 2 aromatic carbocycles. The molecule has 0 radical (unpaired) electrons.